The van der Waals surface area contributed by atoms with E-state index in [-0.39, 0.29) is 18.1 Å². The Morgan fingerprint density at radius 1 is 1.35 bits per heavy atom. The minimum Gasteiger partial charge on any atom is -0.478 e. The Bertz CT molecular complexity index is 681. The van der Waals surface area contributed by atoms with Gasteiger partial charge in [-0.2, -0.15) is 10.2 Å². The number of H-pyrrole nitrogens is 1. The number of amides is 1. The van der Waals surface area contributed by atoms with E-state index in [9.17, 15) is 4.79 Å². The van der Waals surface area contributed by atoms with E-state index in [4.69, 9.17) is 18.9 Å². The zero-order chi connectivity index (χ0) is 18.9. The molecule has 0 aromatic carbocycles. The second-order valence-corrected chi connectivity index (χ2v) is 6.05. The van der Waals surface area contributed by atoms with Crippen molar-refractivity contribution in [1.82, 2.24) is 25.3 Å². The van der Waals surface area contributed by atoms with Gasteiger partial charge in [0.15, 0.2) is 12.0 Å². The molecule has 0 radical (unpaired) electrons. The van der Waals surface area contributed by atoms with Crippen LogP contribution < -0.4 is 14.8 Å². The molecule has 2 aromatic rings. The molecule has 26 heavy (non-hydrogen) atoms. The van der Waals surface area contributed by atoms with Gasteiger partial charge in [0.2, 0.25) is 11.8 Å². The predicted molar refractivity (Wildman–Crippen MR) is 95.2 cm³/mol. The van der Waals surface area contributed by atoms with Gasteiger partial charge in [0.1, 0.15) is 0 Å². The fourth-order valence-electron chi connectivity index (χ4n) is 2.00. The van der Waals surface area contributed by atoms with E-state index in [2.05, 4.69) is 36.5 Å². The van der Waals surface area contributed by atoms with E-state index in [0.717, 1.165) is 4.47 Å². The molecular formula is C15H22BrN5O5. The van der Waals surface area contributed by atoms with Crippen LogP contribution in [0.25, 0.3) is 0 Å². The number of rotatable bonds is 11. The lowest BCUT2D eigenvalue weighted by molar-refractivity contribution is -0.0974. The number of aromatic nitrogens is 4. The highest BCUT2D eigenvalue weighted by atomic mass is 79.9. The van der Waals surface area contributed by atoms with Crippen LogP contribution in [0.5, 0.6) is 11.8 Å². The van der Waals surface area contributed by atoms with Crippen molar-refractivity contribution >= 4 is 21.8 Å². The van der Waals surface area contributed by atoms with Crippen molar-refractivity contribution in [2.45, 2.75) is 12.7 Å². The van der Waals surface area contributed by atoms with Crippen LogP contribution >= 0.6 is 15.9 Å². The minimum atomic E-state index is -0.506. The standard InChI is InChI=1S/C15H22BrN5O5/c1-21-15(10(16)8-18-21)26-6-4-5-25-12-7-11(19-20-12)14(22)17-9-13(23-2)24-3/h7-8,13H,4-6,9H2,1-3H3,(H,17,22)(H,19,20). The van der Waals surface area contributed by atoms with Gasteiger partial charge in [-0.3, -0.25) is 4.79 Å². The molecule has 0 aliphatic carbocycles. The number of hydrogen-bond acceptors (Lipinski definition) is 7. The molecule has 0 fully saturated rings. The van der Waals surface area contributed by atoms with E-state index in [0.29, 0.717) is 31.4 Å². The van der Waals surface area contributed by atoms with E-state index in [1.54, 1.807) is 17.9 Å². The van der Waals surface area contributed by atoms with Crippen molar-refractivity contribution in [2.24, 2.45) is 7.05 Å². The Kier molecular flexibility index (Phi) is 7.88. The predicted octanol–water partition coefficient (Wildman–Crippen LogP) is 1.10. The van der Waals surface area contributed by atoms with Crippen LogP contribution in [0.2, 0.25) is 0 Å². The van der Waals surface area contributed by atoms with Crippen molar-refractivity contribution in [3.63, 3.8) is 0 Å². The number of methoxy groups -OCH3 is 2. The SMILES string of the molecule is COC(CNC(=O)c1cc(OCCCOc2c(Br)cnn2C)[nH]n1)OC. The molecule has 0 atom stereocenters. The summed E-state index contributed by atoms with van der Waals surface area (Å²) in [5.74, 6) is 0.724. The van der Waals surface area contributed by atoms with Gasteiger partial charge in [-0.15, -0.1) is 0 Å². The topological polar surface area (TPSA) is 113 Å². The third-order valence-electron chi connectivity index (χ3n) is 3.37. The number of hydrogen-bond donors (Lipinski definition) is 2. The first-order valence-corrected chi connectivity index (χ1v) is 8.66. The molecule has 11 heteroatoms. The van der Waals surface area contributed by atoms with E-state index in [1.165, 1.54) is 20.3 Å². The van der Waals surface area contributed by atoms with Crippen molar-refractivity contribution in [3.05, 3.63) is 22.4 Å². The maximum absolute atomic E-state index is 12.0. The lowest BCUT2D eigenvalue weighted by Crippen LogP contribution is -2.34. The Balaban J connectivity index is 1.68. The molecule has 0 saturated heterocycles. The summed E-state index contributed by atoms with van der Waals surface area (Å²) in [6.45, 7) is 1.10. The number of nitrogens with one attached hydrogen (secondary N) is 2. The maximum Gasteiger partial charge on any atom is 0.272 e. The molecule has 2 rings (SSSR count). The molecule has 144 valence electrons. The van der Waals surface area contributed by atoms with Gasteiger partial charge in [-0.05, 0) is 15.9 Å². The van der Waals surface area contributed by atoms with E-state index >= 15 is 0 Å². The van der Waals surface area contributed by atoms with Crippen LogP contribution in [0.3, 0.4) is 0 Å². The Hall–Kier alpha value is -2.11. The Labute approximate surface area is 159 Å². The van der Waals surface area contributed by atoms with E-state index < -0.39 is 6.29 Å². The van der Waals surface area contributed by atoms with Gasteiger partial charge in [0.05, 0.1) is 30.4 Å². The normalized spacial score (nSPS) is 11.0. The van der Waals surface area contributed by atoms with Crippen LogP contribution in [0, 0.1) is 0 Å². The molecule has 0 unspecified atom stereocenters. The average molecular weight is 432 g/mol. The van der Waals surface area contributed by atoms with Gasteiger partial charge >= 0.3 is 0 Å². The zero-order valence-corrected chi connectivity index (χ0v) is 16.4. The molecule has 2 N–H and O–H groups in total. The first-order chi connectivity index (χ1) is 12.5. The smallest absolute Gasteiger partial charge is 0.272 e. The zero-order valence-electron chi connectivity index (χ0n) is 14.8. The number of carbonyl (C=O) groups excluding carboxylic acids is 1. The summed E-state index contributed by atoms with van der Waals surface area (Å²) in [6, 6.07) is 1.53. The molecule has 2 aromatic heterocycles. The first-order valence-electron chi connectivity index (χ1n) is 7.87. The molecule has 0 saturated carbocycles. The van der Waals surface area contributed by atoms with Crippen LogP contribution in [0.15, 0.2) is 16.7 Å². The number of carbonyl (C=O) groups is 1. The van der Waals surface area contributed by atoms with Gasteiger partial charge in [-0.25, -0.2) is 9.78 Å². The second kappa shape index (κ2) is 10.1. The average Bonchev–Trinajstić information content (AvgIpc) is 3.23. The molecule has 0 aliphatic rings. The van der Waals surface area contributed by atoms with E-state index in [1.807, 2.05) is 0 Å². The first kappa shape index (κ1) is 20.2. The van der Waals surface area contributed by atoms with Crippen molar-refractivity contribution in [2.75, 3.05) is 34.0 Å². The van der Waals surface area contributed by atoms with Crippen molar-refractivity contribution in [3.8, 4) is 11.8 Å². The van der Waals surface area contributed by atoms with Gasteiger partial charge < -0.3 is 24.3 Å². The molecule has 10 nitrogen and oxygen atoms in total. The van der Waals surface area contributed by atoms with Crippen LogP contribution in [0.1, 0.15) is 16.9 Å². The second-order valence-electron chi connectivity index (χ2n) is 5.20. The number of nitrogens with zero attached hydrogens (tertiary/aromatic N) is 3. The highest BCUT2D eigenvalue weighted by molar-refractivity contribution is 9.10. The van der Waals surface area contributed by atoms with Crippen molar-refractivity contribution in [1.29, 1.82) is 0 Å². The van der Waals surface area contributed by atoms with Gasteiger partial charge in [-0.1, -0.05) is 0 Å². The molecule has 0 spiro atoms. The fourth-order valence-corrected chi connectivity index (χ4v) is 2.46. The Morgan fingerprint density at radius 2 is 2.08 bits per heavy atom. The third-order valence-corrected chi connectivity index (χ3v) is 3.91. The molecule has 0 bridgehead atoms. The number of halogens is 1. The highest BCUT2D eigenvalue weighted by Gasteiger charge is 2.13. The van der Waals surface area contributed by atoms with Gasteiger partial charge in [0, 0.05) is 33.8 Å². The summed E-state index contributed by atoms with van der Waals surface area (Å²) in [6.07, 6.45) is 1.82. The van der Waals surface area contributed by atoms with Crippen LogP contribution in [-0.4, -0.2) is 66.2 Å². The van der Waals surface area contributed by atoms with Crippen LogP contribution in [0.4, 0.5) is 0 Å². The third kappa shape index (κ3) is 5.71. The van der Waals surface area contributed by atoms with Gasteiger partial charge in [0.25, 0.3) is 5.91 Å². The minimum absolute atomic E-state index is 0.218. The summed E-state index contributed by atoms with van der Waals surface area (Å²) >= 11 is 3.36. The molecular weight excluding hydrogens is 410 g/mol. The summed E-state index contributed by atoms with van der Waals surface area (Å²) in [4.78, 5) is 12.0. The number of aryl methyl sites for hydroxylation is 1. The molecule has 1 amide bonds. The van der Waals surface area contributed by atoms with Crippen LogP contribution in [-0.2, 0) is 16.5 Å². The number of aromatic amines is 1. The maximum atomic E-state index is 12.0. The summed E-state index contributed by atoms with van der Waals surface area (Å²) in [7, 11) is 4.80. The quantitative estimate of drug-likeness (QED) is 0.404. The Morgan fingerprint density at radius 3 is 2.73 bits per heavy atom. The summed E-state index contributed by atoms with van der Waals surface area (Å²) in [5, 5.41) is 13.3. The number of ether oxygens (including phenoxy) is 4. The lowest BCUT2D eigenvalue weighted by Gasteiger charge is -2.13. The fraction of sp³-hybridized carbons (Fsp3) is 0.533. The molecule has 0 aliphatic heterocycles. The largest absolute Gasteiger partial charge is 0.478 e. The monoisotopic (exact) mass is 431 g/mol. The highest BCUT2D eigenvalue weighted by Crippen LogP contribution is 2.23. The summed E-state index contributed by atoms with van der Waals surface area (Å²) < 4.78 is 23.6. The summed E-state index contributed by atoms with van der Waals surface area (Å²) in [5.41, 5.74) is 0.223. The lowest BCUT2D eigenvalue weighted by atomic mass is 10.4. The molecule has 2 heterocycles. The van der Waals surface area contributed by atoms with Crippen molar-refractivity contribution < 1.29 is 23.7 Å².